The van der Waals surface area contributed by atoms with Crippen molar-refractivity contribution in [1.29, 1.82) is 0 Å². The number of fused-ring (bicyclic) bond motifs is 2. The predicted molar refractivity (Wildman–Crippen MR) is 204 cm³/mol. The number of ketones is 1. The molecule has 1 aliphatic carbocycles. The van der Waals surface area contributed by atoms with Crippen LogP contribution in [0, 0.1) is 17.3 Å². The molecule has 1 aliphatic heterocycles. The van der Waals surface area contributed by atoms with Gasteiger partial charge in [0.2, 0.25) is 5.78 Å². The van der Waals surface area contributed by atoms with Gasteiger partial charge >= 0.3 is 11.3 Å². The molecule has 0 saturated carbocycles. The standard InChI is InChI=1S/C44H54O6/c1-11-27(12-2)25-47-31-15-17-33-29(21-39(43(5,6)7)49-37(33)23-31)19-35-41(45)36(42(35)46)20-30-22-40(44(8,9)10)50-38-24-32(16-18-34(30)38)48-26-28(13-3)14-4/h15-24,27-28H,11-14,25-26H2,1-10H3/p+1. The van der Waals surface area contributed by atoms with Crippen molar-refractivity contribution in [3.8, 4) is 17.2 Å². The molecule has 0 amide bonds. The average Bonchev–Trinajstić information content (AvgIpc) is 3.08. The summed E-state index contributed by atoms with van der Waals surface area (Å²) in [5, 5.41) is 12.2. The van der Waals surface area contributed by atoms with Gasteiger partial charge in [0.05, 0.1) is 41.2 Å². The zero-order chi connectivity index (χ0) is 36.4. The van der Waals surface area contributed by atoms with E-state index >= 15 is 0 Å². The number of carbonyl (C=O) groups is 1. The molecule has 50 heavy (non-hydrogen) atoms. The summed E-state index contributed by atoms with van der Waals surface area (Å²) in [6, 6.07) is 13.6. The maximum Gasteiger partial charge on any atom is 0.364 e. The Morgan fingerprint density at radius 1 is 0.800 bits per heavy atom. The smallest absolute Gasteiger partial charge is 0.364 e. The minimum atomic E-state index is -0.281. The first kappa shape index (κ1) is 36.9. The van der Waals surface area contributed by atoms with Crippen LogP contribution in [0.3, 0.4) is 0 Å². The van der Waals surface area contributed by atoms with Gasteiger partial charge in [0.25, 0.3) is 0 Å². The van der Waals surface area contributed by atoms with Gasteiger partial charge in [-0.1, -0.05) is 74.1 Å². The molecule has 0 unspecified atom stereocenters. The fourth-order valence-electron chi connectivity index (χ4n) is 6.04. The van der Waals surface area contributed by atoms with Crippen molar-refractivity contribution in [2.75, 3.05) is 13.2 Å². The zero-order valence-corrected chi connectivity index (χ0v) is 31.7. The molecule has 1 aromatic heterocycles. The monoisotopic (exact) mass is 679 g/mol. The van der Waals surface area contributed by atoms with Crippen molar-refractivity contribution < 1.29 is 28.5 Å². The van der Waals surface area contributed by atoms with E-state index in [0.717, 1.165) is 70.8 Å². The predicted octanol–water partition coefficient (Wildman–Crippen LogP) is 11.8. The topological polar surface area (TPSA) is 76.3 Å². The van der Waals surface area contributed by atoms with Crippen molar-refractivity contribution in [3.63, 3.8) is 0 Å². The molecule has 2 aliphatic rings. The zero-order valence-electron chi connectivity index (χ0n) is 31.7. The van der Waals surface area contributed by atoms with Crippen LogP contribution in [-0.2, 0) is 10.2 Å². The second-order valence-electron chi connectivity index (χ2n) is 15.7. The first-order valence-electron chi connectivity index (χ1n) is 18.3. The fourth-order valence-corrected chi connectivity index (χ4v) is 6.04. The van der Waals surface area contributed by atoms with Crippen molar-refractivity contribution in [2.45, 2.75) is 100 Å². The lowest BCUT2D eigenvalue weighted by atomic mass is 9.83. The van der Waals surface area contributed by atoms with Crippen molar-refractivity contribution in [3.05, 3.63) is 94.2 Å². The SMILES string of the molecule is CCC(CC)COc1ccc2c(c1)OC(C(C)(C)C)=CC2=CC1=C(O)C(=Cc2cc(C(C)(C)C)[o+]c3cc(OCC(CC)CC)ccc23)C1=O. The summed E-state index contributed by atoms with van der Waals surface area (Å²) in [6.45, 7) is 22.6. The van der Waals surface area contributed by atoms with Crippen molar-refractivity contribution >= 4 is 28.4 Å². The Morgan fingerprint density at radius 2 is 1.40 bits per heavy atom. The van der Waals surface area contributed by atoms with Crippen LogP contribution in [0.2, 0.25) is 0 Å². The van der Waals surface area contributed by atoms with Crippen LogP contribution in [-0.4, -0.2) is 24.1 Å². The highest BCUT2D eigenvalue weighted by Gasteiger charge is 2.35. The van der Waals surface area contributed by atoms with E-state index in [2.05, 4.69) is 69.2 Å². The quantitative estimate of drug-likeness (QED) is 0.152. The van der Waals surface area contributed by atoms with E-state index in [9.17, 15) is 9.90 Å². The summed E-state index contributed by atoms with van der Waals surface area (Å²) in [5.41, 5.74) is 3.10. The van der Waals surface area contributed by atoms with Gasteiger partial charge in [-0.05, 0) is 80.7 Å². The summed E-state index contributed by atoms with van der Waals surface area (Å²) >= 11 is 0. The summed E-state index contributed by atoms with van der Waals surface area (Å²) in [4.78, 5) is 13.7. The Hall–Kier alpha value is -4.32. The molecule has 0 spiro atoms. The van der Waals surface area contributed by atoms with Gasteiger partial charge in [0.15, 0.2) is 0 Å². The van der Waals surface area contributed by atoms with Gasteiger partial charge in [-0.25, -0.2) is 4.42 Å². The van der Waals surface area contributed by atoms with E-state index in [4.69, 9.17) is 18.6 Å². The van der Waals surface area contributed by atoms with Crippen molar-refractivity contribution in [1.82, 2.24) is 0 Å². The molecule has 6 nitrogen and oxygen atoms in total. The molecular weight excluding hydrogens is 624 g/mol. The van der Waals surface area contributed by atoms with Crippen LogP contribution < -0.4 is 14.2 Å². The van der Waals surface area contributed by atoms with E-state index < -0.39 is 0 Å². The summed E-state index contributed by atoms with van der Waals surface area (Å²) in [7, 11) is 0. The number of hydrogen-bond acceptors (Lipinski definition) is 5. The molecule has 0 saturated heterocycles. The Balaban J connectivity index is 1.52. The number of aliphatic hydroxyl groups excluding tert-OH is 1. The molecule has 5 rings (SSSR count). The van der Waals surface area contributed by atoms with Crippen LogP contribution >= 0.6 is 0 Å². The van der Waals surface area contributed by atoms with Crippen LogP contribution in [0.25, 0.3) is 22.6 Å². The van der Waals surface area contributed by atoms with Gasteiger partial charge in [-0.3, -0.25) is 4.79 Å². The van der Waals surface area contributed by atoms with E-state index in [1.807, 2.05) is 48.5 Å². The van der Waals surface area contributed by atoms with Crippen LogP contribution in [0.1, 0.15) is 112 Å². The number of Topliss-reactive ketones (excluding diaryl/α,β-unsaturated/α-hetero) is 1. The molecule has 0 atom stereocenters. The molecule has 0 fully saturated rings. The van der Waals surface area contributed by atoms with Crippen LogP contribution in [0.4, 0.5) is 0 Å². The summed E-state index contributed by atoms with van der Waals surface area (Å²) in [5.74, 6) is 4.46. The highest BCUT2D eigenvalue weighted by Crippen LogP contribution is 2.44. The van der Waals surface area contributed by atoms with Gasteiger partial charge in [-0.2, -0.15) is 0 Å². The molecule has 2 heterocycles. The first-order chi connectivity index (χ1) is 23.7. The molecular formula is C44H55O6+. The largest absolute Gasteiger partial charge is 0.506 e. The highest BCUT2D eigenvalue weighted by atomic mass is 16.5. The fraction of sp³-hybridized carbons (Fsp3) is 0.455. The Labute approximate surface area is 298 Å². The van der Waals surface area contributed by atoms with Gasteiger partial charge in [0, 0.05) is 28.7 Å². The lowest BCUT2D eigenvalue weighted by Gasteiger charge is -2.29. The number of aliphatic hydroxyl groups is 1. The van der Waals surface area contributed by atoms with E-state index in [1.165, 1.54) is 0 Å². The van der Waals surface area contributed by atoms with E-state index in [0.29, 0.717) is 36.4 Å². The Morgan fingerprint density at radius 3 is 1.96 bits per heavy atom. The summed E-state index contributed by atoms with van der Waals surface area (Å²) in [6.07, 6.45) is 9.76. The van der Waals surface area contributed by atoms with Gasteiger partial charge < -0.3 is 19.3 Å². The van der Waals surface area contributed by atoms with Gasteiger partial charge in [-0.15, -0.1) is 0 Å². The molecule has 0 bridgehead atoms. The number of rotatable bonds is 12. The third-order valence-corrected chi connectivity index (χ3v) is 9.90. The second kappa shape index (κ2) is 14.9. The maximum absolute atomic E-state index is 13.7. The Kier molecular flexibility index (Phi) is 11.0. The Bertz CT molecular complexity index is 1870. The lowest BCUT2D eigenvalue weighted by Crippen LogP contribution is -2.22. The number of hydrogen-bond donors (Lipinski definition) is 1. The third-order valence-electron chi connectivity index (χ3n) is 9.90. The normalized spacial score (nSPS) is 16.6. The van der Waals surface area contributed by atoms with E-state index in [1.54, 1.807) is 12.2 Å². The lowest BCUT2D eigenvalue weighted by molar-refractivity contribution is -0.113. The molecule has 6 heteroatoms. The minimum absolute atomic E-state index is 0.0252. The highest BCUT2D eigenvalue weighted by molar-refractivity contribution is 6.24. The number of ether oxygens (including phenoxy) is 3. The summed E-state index contributed by atoms with van der Waals surface area (Å²) < 4.78 is 25.1. The number of benzene rings is 2. The van der Waals surface area contributed by atoms with Crippen LogP contribution in [0.15, 0.2) is 81.7 Å². The third kappa shape index (κ3) is 8.01. The minimum Gasteiger partial charge on any atom is -0.506 e. The van der Waals surface area contributed by atoms with Crippen LogP contribution in [0.5, 0.6) is 17.2 Å². The first-order valence-corrected chi connectivity index (χ1v) is 18.3. The molecule has 3 aromatic rings. The number of allylic oxidation sites excluding steroid dienone is 6. The van der Waals surface area contributed by atoms with E-state index in [-0.39, 0.29) is 33.5 Å². The molecule has 2 aromatic carbocycles. The van der Waals surface area contributed by atoms with Gasteiger partial charge in [0.1, 0.15) is 28.8 Å². The second-order valence-corrected chi connectivity index (χ2v) is 15.7. The molecule has 1 N–H and O–H groups in total. The molecule has 0 radical (unpaired) electrons. The van der Waals surface area contributed by atoms with Crippen molar-refractivity contribution in [2.24, 2.45) is 17.3 Å². The number of carbonyl (C=O) groups excluding carboxylic acids is 1. The molecule has 266 valence electrons. The maximum atomic E-state index is 13.7. The average molecular weight is 680 g/mol.